The zero-order chi connectivity index (χ0) is 37.7. The minimum atomic E-state index is 0. The van der Waals surface area contributed by atoms with Gasteiger partial charge in [0.2, 0.25) is 0 Å². The average molecular weight is 907 g/mol. The Balaban J connectivity index is 0.000000335. The van der Waals surface area contributed by atoms with E-state index in [2.05, 4.69) is 101 Å². The van der Waals surface area contributed by atoms with E-state index >= 15 is 0 Å². The molecule has 0 saturated heterocycles. The summed E-state index contributed by atoms with van der Waals surface area (Å²) in [5, 5.41) is 13.4. The van der Waals surface area contributed by atoms with E-state index < -0.39 is 0 Å². The van der Waals surface area contributed by atoms with E-state index in [1.165, 1.54) is 32.0 Å². The molecule has 6 heteroatoms. The molecule has 3 aromatic carbocycles. The fourth-order valence-electron chi connectivity index (χ4n) is 7.02. The second-order valence-electron chi connectivity index (χ2n) is 15.6. The number of ketones is 1. The summed E-state index contributed by atoms with van der Waals surface area (Å²) in [6.07, 6.45) is 6.02. The number of thiophene rings is 1. The molecule has 0 fully saturated rings. The van der Waals surface area contributed by atoms with Gasteiger partial charge in [0.1, 0.15) is 11.3 Å². The van der Waals surface area contributed by atoms with E-state index in [0.29, 0.717) is 5.92 Å². The van der Waals surface area contributed by atoms with Crippen molar-refractivity contribution < 1.29 is 34.4 Å². The van der Waals surface area contributed by atoms with Crippen LogP contribution in [-0.4, -0.2) is 15.9 Å². The first-order chi connectivity index (χ1) is 24.8. The number of rotatable bonds is 11. The van der Waals surface area contributed by atoms with Gasteiger partial charge in [0.15, 0.2) is 11.4 Å². The first-order valence-electron chi connectivity index (χ1n) is 19.1. The van der Waals surface area contributed by atoms with Crippen molar-refractivity contribution in [2.75, 3.05) is 0 Å². The Bertz CT molecular complexity index is 2190. The van der Waals surface area contributed by atoms with Crippen LogP contribution in [0.3, 0.4) is 0 Å². The van der Waals surface area contributed by atoms with Crippen molar-refractivity contribution in [2.45, 2.75) is 107 Å². The summed E-state index contributed by atoms with van der Waals surface area (Å²) in [4.78, 5) is 18.2. The normalized spacial score (nSPS) is 12.2. The number of carbonyl (C=O) groups is 1. The quantitative estimate of drug-likeness (QED) is 0.0799. The van der Waals surface area contributed by atoms with E-state index in [0.717, 1.165) is 76.7 Å². The minimum absolute atomic E-state index is 0. The van der Waals surface area contributed by atoms with Crippen LogP contribution in [0.2, 0.25) is 0 Å². The van der Waals surface area contributed by atoms with Crippen LogP contribution in [0.25, 0.3) is 54.3 Å². The number of hydrogen-bond donors (Lipinski definition) is 1. The number of pyridine rings is 1. The molecule has 0 bridgehead atoms. The Labute approximate surface area is 334 Å². The van der Waals surface area contributed by atoms with Gasteiger partial charge < -0.3 is 9.52 Å². The summed E-state index contributed by atoms with van der Waals surface area (Å²) >= 11 is 1.90. The molecule has 1 radical (unpaired) electrons. The van der Waals surface area contributed by atoms with Gasteiger partial charge in [-0.3, -0.25) is 9.78 Å². The maximum absolute atomic E-state index is 11.7. The number of aromatic nitrogens is 1. The second-order valence-corrected chi connectivity index (χ2v) is 16.7. The van der Waals surface area contributed by atoms with E-state index in [9.17, 15) is 9.90 Å². The summed E-state index contributed by atoms with van der Waals surface area (Å²) in [5.41, 5.74) is 7.21. The van der Waals surface area contributed by atoms with Crippen molar-refractivity contribution >= 4 is 49.1 Å². The average Bonchev–Trinajstić information content (AvgIpc) is 3.69. The van der Waals surface area contributed by atoms with Crippen LogP contribution >= 0.6 is 11.3 Å². The van der Waals surface area contributed by atoms with Crippen LogP contribution in [0, 0.1) is 30.7 Å². The summed E-state index contributed by atoms with van der Waals surface area (Å²) in [7, 11) is 0. The molecule has 0 spiro atoms. The standard InChI is InChI=1S/C34H32NOS.C13H24O2.Ir/c1-20(2)13-26-16-24-12-11-23(18-32(24)37-26)28-19-30(35-31-14-21(3)36-33(28)31)25-15-22-9-7-8-10-27(22)29(17-25)34(4,5)6;1-5-10(6-2)12(14)9-13(15)11(7-3)8-4;/h7-12,14,16-20H,13H2,1-6H3;9-11,14H,5-8H2,1-4H3;/q-1;;/b;12-9-;. The molecule has 4 nitrogen and oxygen atoms in total. The molecule has 1 N–H and O–H groups in total. The molecule has 0 atom stereocenters. The molecule has 3 heterocycles. The van der Waals surface area contributed by atoms with Crippen LogP contribution in [0.1, 0.15) is 104 Å². The van der Waals surface area contributed by atoms with Gasteiger partial charge in [-0.2, -0.15) is 0 Å². The van der Waals surface area contributed by atoms with Gasteiger partial charge in [0.05, 0.1) is 5.76 Å². The molecular formula is C47H56IrNO3S-. The van der Waals surface area contributed by atoms with Gasteiger partial charge in [-0.05, 0) is 73.4 Å². The van der Waals surface area contributed by atoms with Crippen LogP contribution in [0.5, 0.6) is 0 Å². The number of nitrogens with zero attached hydrogens (tertiary/aromatic N) is 1. The largest absolute Gasteiger partial charge is 0.512 e. The van der Waals surface area contributed by atoms with Crippen molar-refractivity contribution in [3.8, 4) is 22.4 Å². The smallest absolute Gasteiger partial charge is 0.162 e. The molecular weight excluding hydrogens is 851 g/mol. The molecule has 0 aliphatic heterocycles. The Morgan fingerprint density at radius 2 is 1.60 bits per heavy atom. The number of carbonyl (C=O) groups excluding carboxylic acids is 1. The predicted molar refractivity (Wildman–Crippen MR) is 222 cm³/mol. The van der Waals surface area contributed by atoms with Crippen LogP contribution in [0.4, 0.5) is 0 Å². The van der Waals surface area contributed by atoms with Crippen LogP contribution in [0.15, 0.2) is 83.0 Å². The van der Waals surface area contributed by atoms with Gasteiger partial charge in [0, 0.05) is 64.9 Å². The molecule has 3 aromatic heterocycles. The van der Waals surface area contributed by atoms with E-state index in [-0.39, 0.29) is 48.9 Å². The Morgan fingerprint density at radius 3 is 2.25 bits per heavy atom. The van der Waals surface area contributed by atoms with Crippen molar-refractivity contribution in [2.24, 2.45) is 17.8 Å². The predicted octanol–water partition coefficient (Wildman–Crippen LogP) is 14.0. The third kappa shape index (κ3) is 9.95. The molecule has 0 saturated carbocycles. The molecule has 6 aromatic rings. The van der Waals surface area contributed by atoms with E-state index in [1.807, 2.05) is 52.0 Å². The number of benzene rings is 3. The third-order valence-electron chi connectivity index (χ3n) is 10.0. The zero-order valence-electron chi connectivity index (χ0n) is 33.1. The van der Waals surface area contributed by atoms with Gasteiger partial charge >= 0.3 is 0 Å². The molecule has 0 unspecified atom stereocenters. The summed E-state index contributed by atoms with van der Waals surface area (Å²) in [5.74, 6) is 2.07. The molecule has 0 amide bonds. The fraction of sp³-hybridized carbons (Fsp3) is 0.404. The summed E-state index contributed by atoms with van der Waals surface area (Å²) in [6, 6.07) is 27.8. The fourth-order valence-corrected chi connectivity index (χ4v) is 8.33. The topological polar surface area (TPSA) is 63.3 Å². The summed E-state index contributed by atoms with van der Waals surface area (Å²) in [6.45, 7) is 21.4. The molecule has 0 aliphatic carbocycles. The van der Waals surface area contributed by atoms with Crippen molar-refractivity contribution in [3.05, 3.63) is 101 Å². The summed E-state index contributed by atoms with van der Waals surface area (Å²) < 4.78 is 7.51. The monoisotopic (exact) mass is 907 g/mol. The molecule has 6 rings (SSSR count). The molecule has 53 heavy (non-hydrogen) atoms. The zero-order valence-corrected chi connectivity index (χ0v) is 36.4. The van der Waals surface area contributed by atoms with Crippen molar-refractivity contribution in [1.29, 1.82) is 0 Å². The van der Waals surface area contributed by atoms with Gasteiger partial charge in [-0.25, -0.2) is 0 Å². The van der Waals surface area contributed by atoms with Crippen LogP contribution < -0.4 is 0 Å². The molecule has 0 aliphatic rings. The first kappa shape index (κ1) is 42.2. The van der Waals surface area contributed by atoms with E-state index in [4.69, 9.17) is 9.40 Å². The Hall–Kier alpha value is -3.57. The second kappa shape index (κ2) is 18.2. The minimum Gasteiger partial charge on any atom is -0.512 e. The number of allylic oxidation sites excluding steroid dienone is 2. The number of aliphatic hydroxyl groups excluding tert-OH is 1. The maximum Gasteiger partial charge on any atom is 0.162 e. The van der Waals surface area contributed by atoms with Crippen LogP contribution in [-0.2, 0) is 36.7 Å². The van der Waals surface area contributed by atoms with Gasteiger partial charge in [-0.15, -0.1) is 40.5 Å². The Kier molecular flexibility index (Phi) is 14.5. The first-order valence-corrected chi connectivity index (χ1v) is 19.9. The Morgan fingerprint density at radius 1 is 0.925 bits per heavy atom. The van der Waals surface area contributed by atoms with E-state index in [1.54, 1.807) is 0 Å². The molecule has 283 valence electrons. The number of aryl methyl sites for hydroxylation is 1. The van der Waals surface area contributed by atoms with Gasteiger partial charge in [-0.1, -0.05) is 110 Å². The SMILES string of the molecule is CCC(CC)C(=O)/C=C(\O)C(CC)CC.Cc1cc2nc(-c3[c-]c4ccccc4c(C(C)(C)C)c3)cc(-c3ccc4cc(CC(C)C)sc4c3)c2o1.[Ir]. The number of hydrogen-bond acceptors (Lipinski definition) is 5. The number of aliphatic hydroxyl groups is 1. The maximum atomic E-state index is 11.7. The van der Waals surface area contributed by atoms with Crippen molar-refractivity contribution in [3.63, 3.8) is 0 Å². The number of furan rings is 1. The number of fused-ring (bicyclic) bond motifs is 3. The third-order valence-corrected chi connectivity index (χ3v) is 11.2. The van der Waals surface area contributed by atoms with Crippen molar-refractivity contribution in [1.82, 2.24) is 4.98 Å². The van der Waals surface area contributed by atoms with Gasteiger partial charge in [0.25, 0.3) is 0 Å².